The molecule has 294 valence electrons. The number of hydrogen-bond acceptors (Lipinski definition) is 3. The van der Waals surface area contributed by atoms with Crippen molar-refractivity contribution in [3.8, 4) is 5.69 Å². The highest BCUT2D eigenvalue weighted by molar-refractivity contribution is 7.25. The molecule has 0 fully saturated rings. The molecule has 0 saturated carbocycles. The molecule has 12 rings (SSSR count). The first kappa shape index (κ1) is 21.1. The summed E-state index contributed by atoms with van der Waals surface area (Å²) in [5.41, 5.74) is -4.05. The highest BCUT2D eigenvalue weighted by atomic mass is 32.1. The number of anilines is 6. The van der Waals surface area contributed by atoms with Crippen LogP contribution in [0.4, 0.5) is 34.1 Å². The molecule has 5 heterocycles. The molecule has 9 aromatic rings. The van der Waals surface area contributed by atoms with Crippen molar-refractivity contribution >= 4 is 111 Å². The van der Waals surface area contributed by atoms with Gasteiger partial charge in [0.15, 0.2) is 0 Å². The van der Waals surface area contributed by atoms with E-state index in [0.29, 0.717) is 0 Å². The van der Waals surface area contributed by atoms with Crippen molar-refractivity contribution in [1.82, 2.24) is 4.57 Å². The van der Waals surface area contributed by atoms with Crippen molar-refractivity contribution in [2.45, 2.75) is 85.5 Å². The zero-order valence-electron chi connectivity index (χ0n) is 54.8. The number of fused-ring (bicyclic) bond motifs is 12. The van der Waals surface area contributed by atoms with Crippen LogP contribution in [0.1, 0.15) is 112 Å². The zero-order valence-corrected chi connectivity index (χ0v) is 35.6. The maximum Gasteiger partial charge on any atom is 0.252 e. The molecule has 0 unspecified atom stereocenters. The van der Waals surface area contributed by atoms with Crippen molar-refractivity contribution in [3.05, 3.63) is 143 Å². The van der Waals surface area contributed by atoms with Crippen LogP contribution >= 0.6 is 11.3 Å². The summed E-state index contributed by atoms with van der Waals surface area (Å²) < 4.78 is 196. The molecule has 0 saturated heterocycles. The number of nitrogens with zero attached hydrogens (tertiary/aromatic N) is 3. The van der Waals surface area contributed by atoms with Crippen LogP contribution < -0.4 is 26.2 Å². The first-order chi connectivity index (χ1) is 37.0. The Morgan fingerprint density at radius 3 is 1.95 bits per heavy atom. The molecule has 0 bridgehead atoms. The molecule has 3 aliphatic heterocycles. The van der Waals surface area contributed by atoms with Gasteiger partial charge in [-0.15, -0.1) is 11.3 Å². The summed E-state index contributed by atoms with van der Waals surface area (Å²) >= 11 is 0.809. The van der Waals surface area contributed by atoms with Crippen molar-refractivity contribution in [3.63, 3.8) is 0 Å². The number of hydrogen-bond donors (Lipinski definition) is 0. The summed E-state index contributed by atoms with van der Waals surface area (Å²) in [6, 6.07) is -8.89. The molecule has 60 heavy (non-hydrogen) atoms. The lowest BCUT2D eigenvalue weighted by atomic mass is 9.33. The van der Waals surface area contributed by atoms with Crippen molar-refractivity contribution in [1.29, 1.82) is 0 Å². The lowest BCUT2D eigenvalue weighted by molar-refractivity contribution is 0.590. The Morgan fingerprint density at radius 1 is 0.500 bits per heavy atom. The Labute approximate surface area is 386 Å². The molecule has 5 heteroatoms. The average molecular weight is 816 g/mol. The Balaban J connectivity index is 1.38. The number of aromatic nitrogens is 1. The third kappa shape index (κ3) is 4.84. The van der Waals surface area contributed by atoms with Gasteiger partial charge in [0, 0.05) is 53.7 Å². The van der Waals surface area contributed by atoms with Gasteiger partial charge < -0.3 is 14.4 Å². The van der Waals surface area contributed by atoms with E-state index >= 15 is 0 Å². The Morgan fingerprint density at radius 2 is 1.18 bits per heavy atom. The molecule has 0 aliphatic carbocycles. The van der Waals surface area contributed by atoms with Crippen LogP contribution in [-0.4, -0.2) is 11.3 Å². The van der Waals surface area contributed by atoms with Crippen molar-refractivity contribution in [2.24, 2.45) is 0 Å². The Kier molecular flexibility index (Phi) is 4.14. The summed E-state index contributed by atoms with van der Waals surface area (Å²) in [7, 11) is 0. The zero-order chi connectivity index (χ0) is 58.8. The van der Waals surface area contributed by atoms with Gasteiger partial charge in [-0.3, -0.25) is 0 Å². The number of benzene rings is 7. The van der Waals surface area contributed by atoms with Crippen molar-refractivity contribution in [2.75, 3.05) is 9.80 Å². The van der Waals surface area contributed by atoms with Gasteiger partial charge in [0.2, 0.25) is 0 Å². The summed E-state index contributed by atoms with van der Waals surface area (Å²) in [6.45, 7) is 16.0. The van der Waals surface area contributed by atoms with Gasteiger partial charge >= 0.3 is 0 Å². The highest BCUT2D eigenvalue weighted by Gasteiger charge is 2.46. The van der Waals surface area contributed by atoms with E-state index < -0.39 is 107 Å². The quantitative estimate of drug-likeness (QED) is 0.153. The van der Waals surface area contributed by atoms with Gasteiger partial charge in [0.05, 0.1) is 55.5 Å². The largest absolute Gasteiger partial charge is 0.311 e. The second-order valence-corrected chi connectivity index (χ2v) is 20.1. The van der Waals surface area contributed by atoms with Gasteiger partial charge in [-0.1, -0.05) is 111 Å². The minimum absolute atomic E-state index is 0.0142. The van der Waals surface area contributed by atoms with Crippen LogP contribution in [0.25, 0.3) is 47.7 Å². The van der Waals surface area contributed by atoms with E-state index in [1.165, 1.54) is 21.3 Å². The summed E-state index contributed by atoms with van der Waals surface area (Å²) in [6.07, 6.45) is 0. The fourth-order valence-corrected chi connectivity index (χ4v) is 9.77. The second-order valence-electron chi connectivity index (χ2n) is 19.1. The van der Waals surface area contributed by atoms with Gasteiger partial charge in [-0.2, -0.15) is 0 Å². The van der Waals surface area contributed by atoms with Gasteiger partial charge in [0.1, 0.15) is 0 Å². The maximum atomic E-state index is 10.4. The SMILES string of the molecule is [2H]c1c([2H])c2c3c(c1[2H])-n1c4c([2H])c([2H])c(C(C)(C)C)c([2H])c4c4c([2H])c(C(C)(C)C)c([2H])c(c41)N3c1c([2H])c(C)c([2H])c3c1B2c1c([2H])c(C(C)(C)C)c([2H])c([2H])c1N3c1c([2H])c([2H])c2sc3c([2H])c([2H])c([2H])c([2H])c3c2c1[2H]. The minimum atomic E-state index is -1.54. The third-order valence-corrected chi connectivity index (χ3v) is 12.8. The lowest BCUT2D eigenvalue weighted by Crippen LogP contribution is -2.62. The average Bonchev–Trinajstić information content (AvgIpc) is 2.23. The molecular formula is C55H50BN3S. The molecular weight excluding hydrogens is 746 g/mol. The molecule has 3 nitrogen and oxygen atoms in total. The lowest BCUT2D eigenvalue weighted by Gasteiger charge is -2.46. The Hall–Kier alpha value is -5.78. The molecule has 0 N–H and O–H groups in total. The van der Waals surface area contributed by atoms with E-state index in [1.807, 2.05) is 20.8 Å². The van der Waals surface area contributed by atoms with Gasteiger partial charge in [-0.25, -0.2) is 0 Å². The maximum absolute atomic E-state index is 10.4. The second kappa shape index (κ2) is 11.7. The van der Waals surface area contributed by atoms with Gasteiger partial charge in [-0.05, 0) is 134 Å². The fourth-order valence-electron chi connectivity index (χ4n) is 8.85. The van der Waals surface area contributed by atoms with E-state index in [9.17, 15) is 21.9 Å². The first-order valence-corrected chi connectivity index (χ1v) is 20.9. The van der Waals surface area contributed by atoms with E-state index in [2.05, 4.69) is 0 Å². The van der Waals surface area contributed by atoms with E-state index in [-0.39, 0.29) is 157 Å². The summed E-state index contributed by atoms with van der Waals surface area (Å²) in [5, 5.41) is -0.0711. The fraction of sp³-hybridized carbons (Fsp3) is 0.236. The standard InChI is InChI=1S/C55H50BN3S/c1-31-24-45-50-46(25-31)59-47-29-34(55(8,9)10)27-39-37-26-32(53(2,3)4)18-21-42(37)58(51(39)47)44-16-13-15-40(52(44)59)56(50)41-28-33(54(5,6)7)19-22-43(41)57(45)35-20-23-49-38(30-35)36-14-11-12-17-48(36)60-49/h11-30H,1-10H3/i11D,12D,13D,14D,15D,16D,17D,18D,19D,20D,21D,22D,23D,24D,25D,26D,27D,28D,29D,30D. The highest BCUT2D eigenvalue weighted by Crippen LogP contribution is 2.54. The van der Waals surface area contributed by atoms with Gasteiger partial charge in [0.25, 0.3) is 6.71 Å². The molecule has 2 aromatic heterocycles. The summed E-state index contributed by atoms with van der Waals surface area (Å²) in [5.74, 6) is 0. The smallest absolute Gasteiger partial charge is 0.252 e. The van der Waals surface area contributed by atoms with Crippen LogP contribution in [-0.2, 0) is 16.2 Å². The topological polar surface area (TPSA) is 11.4 Å². The number of rotatable bonds is 1. The molecule has 7 aromatic carbocycles. The van der Waals surface area contributed by atoms with E-state index in [4.69, 9.17) is 5.48 Å². The molecule has 0 atom stereocenters. The molecule has 3 aliphatic rings. The predicted octanol–water partition coefficient (Wildman–Crippen LogP) is 13.7. The normalized spacial score (nSPS) is 19.1. The predicted molar refractivity (Wildman–Crippen MR) is 262 cm³/mol. The molecule has 0 radical (unpaired) electrons. The van der Waals surface area contributed by atoms with Crippen molar-refractivity contribution < 1.29 is 27.4 Å². The van der Waals surface area contributed by atoms with E-state index in [0.717, 1.165) is 11.3 Å². The minimum Gasteiger partial charge on any atom is -0.311 e. The number of thiophene rings is 1. The molecule has 0 amide bonds. The summed E-state index contributed by atoms with van der Waals surface area (Å²) in [4.78, 5) is 2.71. The van der Waals surface area contributed by atoms with Crippen LogP contribution in [0.2, 0.25) is 0 Å². The van der Waals surface area contributed by atoms with E-state index in [1.54, 1.807) is 41.5 Å². The third-order valence-electron chi connectivity index (χ3n) is 11.8. The Bertz CT molecular complexity index is 4520. The van der Waals surface area contributed by atoms with Crippen LogP contribution in [0, 0.1) is 6.92 Å². The van der Waals surface area contributed by atoms with Crippen LogP contribution in [0.15, 0.2) is 121 Å². The van der Waals surface area contributed by atoms with Crippen LogP contribution in [0.3, 0.4) is 0 Å². The monoisotopic (exact) mass is 816 g/mol. The van der Waals surface area contributed by atoms with Crippen LogP contribution in [0.5, 0.6) is 0 Å². The first-order valence-electron chi connectivity index (χ1n) is 30.0. The number of para-hydroxylation sites is 1. The molecule has 0 spiro atoms.